The number of ether oxygens (including phenoxy) is 1. The Bertz CT molecular complexity index is 611. The average Bonchev–Trinajstić information content (AvgIpc) is 2.44. The minimum Gasteiger partial charge on any atom is -0.487 e. The first-order valence-electron chi connectivity index (χ1n) is 7.75. The molecule has 1 rings (SSSR count). The Morgan fingerprint density at radius 3 is 2.00 bits per heavy atom. The summed E-state index contributed by atoms with van der Waals surface area (Å²) in [5.41, 5.74) is 4.47. The third kappa shape index (κ3) is 5.11. The predicted octanol–water partition coefficient (Wildman–Crippen LogP) is 4.06. The molecule has 0 aliphatic rings. The van der Waals surface area contributed by atoms with E-state index in [2.05, 4.69) is 65.2 Å². The molecule has 1 aromatic carbocycles. The first kappa shape index (κ1) is 18.7. The van der Waals surface area contributed by atoms with Crippen LogP contribution in [0.25, 0.3) is 0 Å². The highest BCUT2D eigenvalue weighted by Gasteiger charge is 2.17. The van der Waals surface area contributed by atoms with Crippen LogP contribution in [0.4, 0.5) is 0 Å². The maximum absolute atomic E-state index is 5.99. The first-order valence-corrected chi connectivity index (χ1v) is 7.75. The van der Waals surface area contributed by atoms with Crippen molar-refractivity contribution in [1.82, 2.24) is 4.90 Å². The molecule has 0 N–H and O–H groups in total. The van der Waals surface area contributed by atoms with E-state index in [1.807, 2.05) is 4.90 Å². The van der Waals surface area contributed by atoms with E-state index in [0.29, 0.717) is 19.7 Å². The van der Waals surface area contributed by atoms with E-state index >= 15 is 0 Å². The predicted molar refractivity (Wildman–Crippen MR) is 98.5 cm³/mol. The van der Waals surface area contributed by atoms with Crippen molar-refractivity contribution in [3.63, 3.8) is 0 Å². The van der Waals surface area contributed by atoms with Gasteiger partial charge < -0.3 is 9.64 Å². The molecule has 23 heavy (non-hydrogen) atoms. The first-order chi connectivity index (χ1) is 10.7. The summed E-state index contributed by atoms with van der Waals surface area (Å²) in [4.78, 5) is 1.87. The average molecular weight is 309 g/mol. The maximum atomic E-state index is 5.99. The summed E-state index contributed by atoms with van der Waals surface area (Å²) < 4.78 is 5.99. The fourth-order valence-electron chi connectivity index (χ4n) is 2.36. The lowest BCUT2D eigenvalue weighted by atomic mass is 9.85. The van der Waals surface area contributed by atoms with Crippen LogP contribution in [0.2, 0.25) is 0 Å². The molecule has 2 nitrogen and oxygen atoms in total. The second-order valence-electron chi connectivity index (χ2n) is 6.81. The zero-order valence-electron chi connectivity index (χ0n) is 15.0. The highest BCUT2D eigenvalue weighted by molar-refractivity contribution is 5.45. The summed E-state index contributed by atoms with van der Waals surface area (Å²) in [5, 5.41) is 0. The molecule has 0 spiro atoms. The second-order valence-corrected chi connectivity index (χ2v) is 6.81. The molecule has 0 heterocycles. The Balaban J connectivity index is 2.89. The largest absolute Gasteiger partial charge is 0.487 e. The van der Waals surface area contributed by atoms with Crippen molar-refractivity contribution in [3.05, 3.63) is 41.1 Å². The maximum Gasteiger partial charge on any atom is 0.127 e. The van der Waals surface area contributed by atoms with E-state index in [-0.39, 0.29) is 5.41 Å². The van der Waals surface area contributed by atoms with Crippen molar-refractivity contribution in [1.29, 1.82) is 0 Å². The Labute approximate surface area is 141 Å². The number of aryl methyl sites for hydroxylation is 2. The quantitative estimate of drug-likeness (QED) is 0.735. The van der Waals surface area contributed by atoms with Crippen molar-refractivity contribution >= 4 is 0 Å². The Kier molecular flexibility index (Phi) is 6.35. The number of nitrogens with zero attached hydrogens (tertiary/aromatic N) is 1. The van der Waals surface area contributed by atoms with Crippen LogP contribution in [0, 0.1) is 38.5 Å². The molecule has 0 atom stereocenters. The Morgan fingerprint density at radius 2 is 1.61 bits per heavy atom. The van der Waals surface area contributed by atoms with E-state index in [0.717, 1.165) is 22.6 Å². The van der Waals surface area contributed by atoms with Crippen LogP contribution in [0.5, 0.6) is 5.75 Å². The van der Waals surface area contributed by atoms with Crippen LogP contribution in [0.1, 0.15) is 37.5 Å². The topological polar surface area (TPSA) is 12.5 Å². The molecular weight excluding hydrogens is 282 g/mol. The van der Waals surface area contributed by atoms with Gasteiger partial charge in [0.15, 0.2) is 0 Å². The highest BCUT2D eigenvalue weighted by Crippen LogP contribution is 2.31. The lowest BCUT2D eigenvalue weighted by Gasteiger charge is -2.25. The number of hydrogen-bond acceptors (Lipinski definition) is 2. The standard InChI is InChI=1S/C21H27NO/c1-9-11-22(12-10-2)18(5)15-23-20-16(3)13-19(14-17(20)4)21(6,7)8/h1-2,13-14H,5,11-12,15H2,3-4,6-8H3. The third-order valence-electron chi connectivity index (χ3n) is 3.72. The van der Waals surface area contributed by atoms with Gasteiger partial charge in [0, 0.05) is 5.70 Å². The molecule has 0 bridgehead atoms. The summed E-state index contributed by atoms with van der Waals surface area (Å²) in [6.45, 7) is 16.1. The Hall–Kier alpha value is -2.32. The summed E-state index contributed by atoms with van der Waals surface area (Å²) >= 11 is 0. The van der Waals surface area contributed by atoms with E-state index in [4.69, 9.17) is 17.6 Å². The van der Waals surface area contributed by atoms with Gasteiger partial charge in [0.25, 0.3) is 0 Å². The molecule has 0 aliphatic heterocycles. The summed E-state index contributed by atoms with van der Waals surface area (Å²) in [6, 6.07) is 4.37. The Morgan fingerprint density at radius 1 is 1.13 bits per heavy atom. The molecule has 122 valence electrons. The van der Waals surface area contributed by atoms with Crippen LogP contribution in [-0.2, 0) is 5.41 Å². The lowest BCUT2D eigenvalue weighted by Crippen LogP contribution is -2.26. The van der Waals surface area contributed by atoms with Gasteiger partial charge in [-0.15, -0.1) is 12.8 Å². The van der Waals surface area contributed by atoms with Crippen LogP contribution < -0.4 is 4.74 Å². The number of benzene rings is 1. The van der Waals surface area contributed by atoms with Crippen molar-refractivity contribution in [2.75, 3.05) is 19.7 Å². The zero-order chi connectivity index (χ0) is 17.6. The van der Waals surface area contributed by atoms with Gasteiger partial charge >= 0.3 is 0 Å². The smallest absolute Gasteiger partial charge is 0.127 e. The fraction of sp³-hybridized carbons (Fsp3) is 0.429. The molecule has 0 unspecified atom stereocenters. The van der Waals surface area contributed by atoms with E-state index < -0.39 is 0 Å². The van der Waals surface area contributed by atoms with Gasteiger partial charge in [-0.25, -0.2) is 0 Å². The van der Waals surface area contributed by atoms with Crippen LogP contribution in [-0.4, -0.2) is 24.6 Å². The summed E-state index contributed by atoms with van der Waals surface area (Å²) in [5.74, 6) is 6.09. The van der Waals surface area contributed by atoms with Gasteiger partial charge in [0.2, 0.25) is 0 Å². The minimum atomic E-state index is 0.119. The molecule has 0 fully saturated rings. The van der Waals surface area contributed by atoms with Crippen LogP contribution in [0.3, 0.4) is 0 Å². The van der Waals surface area contributed by atoms with Crippen molar-refractivity contribution in [2.24, 2.45) is 0 Å². The molecule has 2 heteroatoms. The zero-order valence-corrected chi connectivity index (χ0v) is 15.0. The summed E-state index contributed by atoms with van der Waals surface area (Å²) in [7, 11) is 0. The van der Waals surface area contributed by atoms with Gasteiger partial charge in [-0.2, -0.15) is 0 Å². The molecule has 0 amide bonds. The minimum absolute atomic E-state index is 0.119. The molecular formula is C21H27NO. The molecule has 0 aliphatic carbocycles. The monoisotopic (exact) mass is 309 g/mol. The van der Waals surface area contributed by atoms with Gasteiger partial charge in [-0.05, 0) is 36.0 Å². The van der Waals surface area contributed by atoms with Crippen LogP contribution >= 0.6 is 0 Å². The highest BCUT2D eigenvalue weighted by atomic mass is 16.5. The number of terminal acetylenes is 2. The lowest BCUT2D eigenvalue weighted by molar-refractivity contribution is 0.292. The van der Waals surface area contributed by atoms with Gasteiger partial charge in [-0.1, -0.05) is 51.3 Å². The molecule has 0 aromatic heterocycles. The summed E-state index contributed by atoms with van der Waals surface area (Å²) in [6.07, 6.45) is 10.7. The molecule has 0 radical (unpaired) electrons. The number of rotatable bonds is 6. The van der Waals surface area contributed by atoms with Crippen molar-refractivity contribution in [2.45, 2.75) is 40.0 Å². The fourth-order valence-corrected chi connectivity index (χ4v) is 2.36. The van der Waals surface area contributed by atoms with Crippen molar-refractivity contribution < 1.29 is 4.74 Å². The molecule has 1 aromatic rings. The molecule has 0 saturated heterocycles. The van der Waals surface area contributed by atoms with Crippen molar-refractivity contribution in [3.8, 4) is 30.4 Å². The van der Waals surface area contributed by atoms with E-state index in [1.165, 1.54) is 5.56 Å². The third-order valence-corrected chi connectivity index (χ3v) is 3.72. The van der Waals surface area contributed by atoms with E-state index in [9.17, 15) is 0 Å². The van der Waals surface area contributed by atoms with Gasteiger partial charge in [0.05, 0.1) is 13.1 Å². The van der Waals surface area contributed by atoms with Crippen LogP contribution in [0.15, 0.2) is 24.4 Å². The van der Waals surface area contributed by atoms with Gasteiger partial charge in [0.1, 0.15) is 12.4 Å². The van der Waals surface area contributed by atoms with E-state index in [1.54, 1.807) is 0 Å². The number of hydrogen-bond donors (Lipinski definition) is 0. The van der Waals surface area contributed by atoms with Gasteiger partial charge in [-0.3, -0.25) is 0 Å². The second kappa shape index (κ2) is 7.80. The molecule has 0 saturated carbocycles. The SMILES string of the molecule is C#CCN(CC#C)C(=C)COc1c(C)cc(C(C)(C)C)cc1C. The normalized spacial score (nSPS) is 10.6.